The largest absolute Gasteiger partial charge is 0.508 e. The Kier molecular flexibility index (Phi) is 4.55. The molecule has 2 N–H and O–H groups in total. The van der Waals surface area contributed by atoms with Crippen LogP contribution in [-0.2, 0) is 0 Å². The highest BCUT2D eigenvalue weighted by Gasteiger charge is 2.04. The topological polar surface area (TPSA) is 49.3 Å². The minimum absolute atomic E-state index is 0. The predicted molar refractivity (Wildman–Crippen MR) is 69.8 cm³/mol. The Bertz CT molecular complexity index is 483. The van der Waals surface area contributed by atoms with E-state index in [1.54, 1.807) is 24.3 Å². The van der Waals surface area contributed by atoms with Crippen LogP contribution in [-0.4, -0.2) is 11.0 Å². The highest BCUT2D eigenvalue weighted by atomic mass is 35.5. The van der Waals surface area contributed by atoms with Crippen molar-refractivity contribution in [3.05, 3.63) is 60.2 Å². The summed E-state index contributed by atoms with van der Waals surface area (Å²) in [7, 11) is 0. The number of nitrogens with one attached hydrogen (secondary N) is 1. The second-order valence-electron chi connectivity index (χ2n) is 3.37. The van der Waals surface area contributed by atoms with Crippen molar-refractivity contribution in [3.63, 3.8) is 0 Å². The number of carbonyl (C=O) groups excluding carboxylic acids is 1. The summed E-state index contributed by atoms with van der Waals surface area (Å²) in [4.78, 5) is 11.7. The molecule has 88 valence electrons. The molecule has 0 bridgehead atoms. The van der Waals surface area contributed by atoms with Gasteiger partial charge >= 0.3 is 0 Å². The first kappa shape index (κ1) is 13.1. The number of benzene rings is 2. The van der Waals surface area contributed by atoms with Crippen LogP contribution in [0.15, 0.2) is 54.6 Å². The maximum absolute atomic E-state index is 11.7. The van der Waals surface area contributed by atoms with Crippen LogP contribution < -0.4 is 5.32 Å². The van der Waals surface area contributed by atoms with Crippen molar-refractivity contribution in [1.82, 2.24) is 0 Å². The molecular formula is C13H12ClNO2. The van der Waals surface area contributed by atoms with E-state index in [2.05, 4.69) is 5.32 Å². The molecule has 0 saturated heterocycles. The standard InChI is InChI=1S/C13H11NO2.ClH/c15-12-8-6-11(7-9-12)14-13(16)10-4-2-1-3-5-10;/h1-9,15H,(H,14,16);1H. The molecule has 0 saturated carbocycles. The monoisotopic (exact) mass is 249 g/mol. The zero-order chi connectivity index (χ0) is 11.4. The molecule has 4 heteroatoms. The van der Waals surface area contributed by atoms with Gasteiger partial charge < -0.3 is 10.4 Å². The number of rotatable bonds is 2. The zero-order valence-corrected chi connectivity index (χ0v) is 9.78. The molecule has 2 aromatic carbocycles. The van der Waals surface area contributed by atoms with Crippen LogP contribution in [0.4, 0.5) is 5.69 Å². The molecule has 0 spiro atoms. The number of phenols is 1. The summed E-state index contributed by atoms with van der Waals surface area (Å²) >= 11 is 0. The van der Waals surface area contributed by atoms with Gasteiger partial charge in [0.1, 0.15) is 5.75 Å². The van der Waals surface area contributed by atoms with Gasteiger partial charge in [0.2, 0.25) is 0 Å². The molecule has 0 fully saturated rings. The third-order valence-corrected chi connectivity index (χ3v) is 2.16. The van der Waals surface area contributed by atoms with E-state index in [-0.39, 0.29) is 24.1 Å². The third-order valence-electron chi connectivity index (χ3n) is 2.16. The summed E-state index contributed by atoms with van der Waals surface area (Å²) in [5.74, 6) is 0.0176. The summed E-state index contributed by atoms with van der Waals surface area (Å²) in [6.45, 7) is 0. The van der Waals surface area contributed by atoms with Gasteiger partial charge in [-0.1, -0.05) is 18.2 Å². The Morgan fingerprint density at radius 1 is 0.941 bits per heavy atom. The van der Waals surface area contributed by atoms with E-state index in [1.165, 1.54) is 12.1 Å². The SMILES string of the molecule is Cl.O=C(Nc1ccc(O)cc1)c1ccccc1. The van der Waals surface area contributed by atoms with Gasteiger partial charge in [0.25, 0.3) is 5.91 Å². The minimum Gasteiger partial charge on any atom is -0.508 e. The van der Waals surface area contributed by atoms with E-state index in [0.29, 0.717) is 11.3 Å². The fraction of sp³-hybridized carbons (Fsp3) is 0. The lowest BCUT2D eigenvalue weighted by molar-refractivity contribution is 0.102. The van der Waals surface area contributed by atoms with E-state index in [9.17, 15) is 4.79 Å². The smallest absolute Gasteiger partial charge is 0.255 e. The van der Waals surface area contributed by atoms with Crippen molar-refractivity contribution in [2.45, 2.75) is 0 Å². The zero-order valence-electron chi connectivity index (χ0n) is 8.96. The van der Waals surface area contributed by atoms with Crippen LogP contribution in [0.2, 0.25) is 0 Å². The number of anilines is 1. The van der Waals surface area contributed by atoms with Crippen LogP contribution >= 0.6 is 12.4 Å². The summed E-state index contributed by atoms with van der Waals surface area (Å²) in [6.07, 6.45) is 0. The highest BCUT2D eigenvalue weighted by Crippen LogP contribution is 2.14. The summed E-state index contributed by atoms with van der Waals surface area (Å²) in [5, 5.41) is 11.8. The van der Waals surface area contributed by atoms with Gasteiger partial charge in [-0.05, 0) is 36.4 Å². The van der Waals surface area contributed by atoms with Gasteiger partial charge in [-0.3, -0.25) is 4.79 Å². The fourth-order valence-electron chi connectivity index (χ4n) is 1.34. The molecule has 0 atom stereocenters. The first-order chi connectivity index (χ1) is 7.75. The van der Waals surface area contributed by atoms with Crippen molar-refractivity contribution >= 4 is 24.0 Å². The molecule has 0 heterocycles. The van der Waals surface area contributed by atoms with Gasteiger partial charge in [0, 0.05) is 11.3 Å². The fourth-order valence-corrected chi connectivity index (χ4v) is 1.34. The lowest BCUT2D eigenvalue weighted by Crippen LogP contribution is -2.11. The summed E-state index contributed by atoms with van der Waals surface area (Å²) in [5.41, 5.74) is 1.27. The highest BCUT2D eigenvalue weighted by molar-refractivity contribution is 6.04. The van der Waals surface area contributed by atoms with Crippen molar-refractivity contribution in [3.8, 4) is 5.75 Å². The minimum atomic E-state index is -0.161. The number of hydrogen-bond acceptors (Lipinski definition) is 2. The van der Waals surface area contributed by atoms with Gasteiger partial charge in [-0.15, -0.1) is 12.4 Å². The molecule has 2 rings (SSSR count). The van der Waals surface area contributed by atoms with E-state index in [1.807, 2.05) is 18.2 Å². The third kappa shape index (κ3) is 3.50. The van der Waals surface area contributed by atoms with Crippen LogP contribution in [0.3, 0.4) is 0 Å². The lowest BCUT2D eigenvalue weighted by atomic mass is 10.2. The maximum atomic E-state index is 11.7. The quantitative estimate of drug-likeness (QED) is 0.804. The molecular weight excluding hydrogens is 238 g/mol. The average Bonchev–Trinajstić information content (AvgIpc) is 2.33. The number of halogens is 1. The Morgan fingerprint density at radius 2 is 1.53 bits per heavy atom. The van der Waals surface area contributed by atoms with Crippen LogP contribution in [0.5, 0.6) is 5.75 Å². The summed E-state index contributed by atoms with van der Waals surface area (Å²) in [6, 6.07) is 15.3. The number of amides is 1. The van der Waals surface area contributed by atoms with E-state index in [4.69, 9.17) is 5.11 Å². The molecule has 0 aliphatic rings. The lowest BCUT2D eigenvalue weighted by Gasteiger charge is -2.04. The number of aromatic hydroxyl groups is 1. The number of carbonyl (C=O) groups is 1. The molecule has 0 radical (unpaired) electrons. The number of hydrogen-bond donors (Lipinski definition) is 2. The van der Waals surface area contributed by atoms with E-state index < -0.39 is 0 Å². The first-order valence-corrected chi connectivity index (χ1v) is 4.91. The van der Waals surface area contributed by atoms with E-state index in [0.717, 1.165) is 0 Å². The predicted octanol–water partition coefficient (Wildman–Crippen LogP) is 3.07. The Hall–Kier alpha value is -2.00. The number of phenolic OH excluding ortho intramolecular Hbond substituents is 1. The van der Waals surface area contributed by atoms with Gasteiger partial charge in [0.05, 0.1) is 0 Å². The summed E-state index contributed by atoms with van der Waals surface area (Å²) < 4.78 is 0. The Labute approximate surface area is 106 Å². The van der Waals surface area contributed by atoms with Crippen LogP contribution in [0.25, 0.3) is 0 Å². The molecule has 17 heavy (non-hydrogen) atoms. The molecule has 0 aliphatic heterocycles. The van der Waals surface area contributed by atoms with Crippen molar-refractivity contribution < 1.29 is 9.90 Å². The first-order valence-electron chi connectivity index (χ1n) is 4.91. The van der Waals surface area contributed by atoms with Crippen LogP contribution in [0.1, 0.15) is 10.4 Å². The van der Waals surface area contributed by atoms with E-state index >= 15 is 0 Å². The maximum Gasteiger partial charge on any atom is 0.255 e. The molecule has 0 unspecified atom stereocenters. The van der Waals surface area contributed by atoms with Crippen molar-refractivity contribution in [2.24, 2.45) is 0 Å². The molecule has 0 aliphatic carbocycles. The van der Waals surface area contributed by atoms with Gasteiger partial charge in [-0.2, -0.15) is 0 Å². The second-order valence-corrected chi connectivity index (χ2v) is 3.37. The Balaban J connectivity index is 0.00000144. The average molecular weight is 250 g/mol. The van der Waals surface area contributed by atoms with Crippen molar-refractivity contribution in [2.75, 3.05) is 5.32 Å². The molecule has 2 aromatic rings. The second kappa shape index (κ2) is 5.92. The molecule has 1 amide bonds. The van der Waals surface area contributed by atoms with Crippen molar-refractivity contribution in [1.29, 1.82) is 0 Å². The van der Waals surface area contributed by atoms with Gasteiger partial charge in [0.15, 0.2) is 0 Å². The normalized spacial score (nSPS) is 9.18. The molecule has 0 aromatic heterocycles. The molecule has 3 nitrogen and oxygen atoms in total. The van der Waals surface area contributed by atoms with Crippen LogP contribution in [0, 0.1) is 0 Å². The Morgan fingerprint density at radius 3 is 2.12 bits per heavy atom. The van der Waals surface area contributed by atoms with Gasteiger partial charge in [-0.25, -0.2) is 0 Å².